The maximum absolute atomic E-state index is 11.8. The molecule has 0 fully saturated rings. The fourth-order valence-corrected chi connectivity index (χ4v) is 1.21. The number of hydrogen-bond acceptors (Lipinski definition) is 3. The number of benzene rings is 1. The Hall–Kier alpha value is -1.56. The monoisotopic (exact) mass is 248 g/mol. The van der Waals surface area contributed by atoms with Gasteiger partial charge in [-0.1, -0.05) is 12.1 Å². The highest BCUT2D eigenvalue weighted by atomic mass is 19.4. The molecule has 17 heavy (non-hydrogen) atoms. The smallest absolute Gasteiger partial charge is 0.411 e. The summed E-state index contributed by atoms with van der Waals surface area (Å²) >= 11 is 0. The summed E-state index contributed by atoms with van der Waals surface area (Å²) in [6.45, 7) is -2.06. The van der Waals surface area contributed by atoms with Gasteiger partial charge in [0.15, 0.2) is 5.78 Å². The van der Waals surface area contributed by atoms with Crippen molar-refractivity contribution in [2.75, 3.05) is 20.3 Å². The maximum Gasteiger partial charge on any atom is 0.411 e. The molecule has 0 saturated carbocycles. The number of ketones is 1. The van der Waals surface area contributed by atoms with Crippen LogP contribution in [0.15, 0.2) is 24.3 Å². The van der Waals surface area contributed by atoms with E-state index in [0.717, 1.165) is 0 Å². The second-order valence-corrected chi connectivity index (χ2v) is 3.23. The molecule has 0 N–H and O–H groups in total. The maximum atomic E-state index is 11.8. The van der Waals surface area contributed by atoms with Crippen molar-refractivity contribution in [1.82, 2.24) is 0 Å². The van der Waals surface area contributed by atoms with Crippen LogP contribution < -0.4 is 4.74 Å². The summed E-state index contributed by atoms with van der Waals surface area (Å²) in [5.41, 5.74) is 0.206. The largest absolute Gasteiger partial charge is 0.496 e. The molecule has 0 spiro atoms. The standard InChI is InChI=1S/C11H11F3O3/c1-16-10-5-3-2-4-8(10)9(15)6-17-7-11(12,13)14/h2-5H,6-7H2,1H3. The summed E-state index contributed by atoms with van der Waals surface area (Å²) < 4.78 is 44.6. The fourth-order valence-electron chi connectivity index (χ4n) is 1.21. The van der Waals surface area contributed by atoms with Gasteiger partial charge in [0.05, 0.1) is 12.7 Å². The Labute approximate surface area is 96.1 Å². The van der Waals surface area contributed by atoms with Crippen molar-refractivity contribution in [1.29, 1.82) is 0 Å². The Morgan fingerprint density at radius 1 is 1.29 bits per heavy atom. The molecule has 0 aliphatic carbocycles. The van der Waals surface area contributed by atoms with E-state index in [1.54, 1.807) is 18.2 Å². The molecule has 0 radical (unpaired) electrons. The van der Waals surface area contributed by atoms with Gasteiger partial charge in [-0.2, -0.15) is 13.2 Å². The van der Waals surface area contributed by atoms with Crippen molar-refractivity contribution in [2.45, 2.75) is 6.18 Å². The first-order valence-electron chi connectivity index (χ1n) is 4.75. The van der Waals surface area contributed by atoms with Gasteiger partial charge in [-0.25, -0.2) is 0 Å². The van der Waals surface area contributed by atoms with Crippen LogP contribution >= 0.6 is 0 Å². The topological polar surface area (TPSA) is 35.5 Å². The molecule has 3 nitrogen and oxygen atoms in total. The number of methoxy groups -OCH3 is 1. The molecular weight excluding hydrogens is 237 g/mol. The van der Waals surface area contributed by atoms with E-state index in [1.165, 1.54) is 13.2 Å². The Kier molecular flexibility index (Phi) is 4.51. The van der Waals surface area contributed by atoms with Crippen LogP contribution in [0.3, 0.4) is 0 Å². The zero-order valence-corrected chi connectivity index (χ0v) is 9.08. The van der Waals surface area contributed by atoms with Crippen molar-refractivity contribution in [3.63, 3.8) is 0 Å². The van der Waals surface area contributed by atoms with E-state index >= 15 is 0 Å². The number of halogens is 3. The van der Waals surface area contributed by atoms with Crippen LogP contribution in [0.1, 0.15) is 10.4 Å². The van der Waals surface area contributed by atoms with Gasteiger partial charge in [-0.05, 0) is 12.1 Å². The third kappa shape index (κ3) is 4.44. The van der Waals surface area contributed by atoms with Crippen LogP contribution in [0.2, 0.25) is 0 Å². The lowest BCUT2D eigenvalue weighted by atomic mass is 10.1. The normalized spacial score (nSPS) is 11.3. The van der Waals surface area contributed by atoms with Crippen molar-refractivity contribution in [3.05, 3.63) is 29.8 Å². The van der Waals surface area contributed by atoms with Crippen LogP contribution in [-0.2, 0) is 4.74 Å². The number of ether oxygens (including phenoxy) is 2. The Balaban J connectivity index is 2.58. The molecule has 0 saturated heterocycles. The summed E-state index contributed by atoms with van der Waals surface area (Å²) in [7, 11) is 1.38. The van der Waals surface area contributed by atoms with E-state index in [9.17, 15) is 18.0 Å². The van der Waals surface area contributed by atoms with E-state index in [1.807, 2.05) is 0 Å². The Bertz CT molecular complexity index is 388. The quantitative estimate of drug-likeness (QED) is 0.751. The summed E-state index contributed by atoms with van der Waals surface area (Å²) in [4.78, 5) is 11.5. The molecule has 0 amide bonds. The van der Waals surface area contributed by atoms with Gasteiger partial charge < -0.3 is 9.47 Å². The highest BCUT2D eigenvalue weighted by molar-refractivity contribution is 5.99. The van der Waals surface area contributed by atoms with Crippen molar-refractivity contribution in [2.24, 2.45) is 0 Å². The minimum atomic E-state index is -4.43. The lowest BCUT2D eigenvalue weighted by Crippen LogP contribution is -2.20. The molecule has 0 aliphatic rings. The van der Waals surface area contributed by atoms with Crippen LogP contribution in [0, 0.1) is 0 Å². The van der Waals surface area contributed by atoms with Gasteiger partial charge >= 0.3 is 6.18 Å². The van der Waals surface area contributed by atoms with Crippen LogP contribution in [0.25, 0.3) is 0 Å². The van der Waals surface area contributed by atoms with Gasteiger partial charge in [0, 0.05) is 0 Å². The molecule has 0 atom stereocenters. The second kappa shape index (κ2) is 5.67. The Morgan fingerprint density at radius 2 is 1.94 bits per heavy atom. The molecule has 0 heterocycles. The van der Waals surface area contributed by atoms with Crippen molar-refractivity contribution < 1.29 is 27.4 Å². The molecular formula is C11H11F3O3. The summed E-state index contributed by atoms with van der Waals surface area (Å²) in [5.74, 6) is -0.236. The molecule has 1 aromatic rings. The van der Waals surface area contributed by atoms with Crippen molar-refractivity contribution in [3.8, 4) is 5.75 Å². The van der Waals surface area contributed by atoms with Crippen LogP contribution in [0.4, 0.5) is 13.2 Å². The van der Waals surface area contributed by atoms with E-state index < -0.39 is 25.2 Å². The average Bonchev–Trinajstić information content (AvgIpc) is 2.27. The van der Waals surface area contributed by atoms with E-state index in [-0.39, 0.29) is 5.56 Å². The molecule has 0 bridgehead atoms. The van der Waals surface area contributed by atoms with E-state index in [2.05, 4.69) is 4.74 Å². The van der Waals surface area contributed by atoms with Gasteiger partial charge in [-0.3, -0.25) is 4.79 Å². The van der Waals surface area contributed by atoms with Crippen molar-refractivity contribution >= 4 is 5.78 Å². The zero-order chi connectivity index (χ0) is 12.9. The summed E-state index contributed by atoms with van der Waals surface area (Å²) in [6, 6.07) is 6.28. The molecule has 94 valence electrons. The predicted molar refractivity (Wildman–Crippen MR) is 54.2 cm³/mol. The lowest BCUT2D eigenvalue weighted by Gasteiger charge is -2.09. The number of hydrogen-bond donors (Lipinski definition) is 0. The minimum absolute atomic E-state index is 0.206. The zero-order valence-electron chi connectivity index (χ0n) is 9.08. The number of alkyl halides is 3. The third-order valence-electron chi connectivity index (χ3n) is 1.91. The average molecular weight is 248 g/mol. The first kappa shape index (κ1) is 13.5. The van der Waals surface area contributed by atoms with Crippen LogP contribution in [0.5, 0.6) is 5.75 Å². The van der Waals surface area contributed by atoms with Crippen LogP contribution in [-0.4, -0.2) is 32.3 Å². The molecule has 0 aliphatic heterocycles. The van der Waals surface area contributed by atoms with E-state index in [0.29, 0.717) is 5.75 Å². The van der Waals surface area contributed by atoms with Gasteiger partial charge in [-0.15, -0.1) is 0 Å². The number of carbonyl (C=O) groups is 1. The van der Waals surface area contributed by atoms with Gasteiger partial charge in [0.1, 0.15) is 19.0 Å². The number of para-hydroxylation sites is 1. The molecule has 0 aromatic heterocycles. The highest BCUT2D eigenvalue weighted by Gasteiger charge is 2.28. The summed E-state index contributed by atoms with van der Waals surface area (Å²) in [5, 5.41) is 0. The first-order valence-corrected chi connectivity index (χ1v) is 4.75. The highest BCUT2D eigenvalue weighted by Crippen LogP contribution is 2.19. The molecule has 1 rings (SSSR count). The SMILES string of the molecule is COc1ccccc1C(=O)COCC(F)(F)F. The number of rotatable bonds is 5. The van der Waals surface area contributed by atoms with Gasteiger partial charge in [0.2, 0.25) is 0 Å². The first-order chi connectivity index (χ1) is 7.94. The molecule has 0 unspecified atom stereocenters. The predicted octanol–water partition coefficient (Wildman–Crippen LogP) is 2.46. The number of carbonyl (C=O) groups excluding carboxylic acids is 1. The van der Waals surface area contributed by atoms with Gasteiger partial charge in [0.25, 0.3) is 0 Å². The summed E-state index contributed by atoms with van der Waals surface area (Å²) in [6.07, 6.45) is -4.43. The Morgan fingerprint density at radius 3 is 2.53 bits per heavy atom. The minimum Gasteiger partial charge on any atom is -0.496 e. The molecule has 6 heteroatoms. The molecule has 1 aromatic carbocycles. The third-order valence-corrected chi connectivity index (χ3v) is 1.91. The van der Waals surface area contributed by atoms with E-state index in [4.69, 9.17) is 4.74 Å². The second-order valence-electron chi connectivity index (χ2n) is 3.23. The lowest BCUT2D eigenvalue weighted by molar-refractivity contribution is -0.170. The number of Topliss-reactive ketones (excluding diaryl/α,β-unsaturated/α-hetero) is 1. The fraction of sp³-hybridized carbons (Fsp3) is 0.364.